The SMILES string of the molecule is C=C(O)/C(=C(C)\C(C)=C/C)c1c2ccccc2c(-c2ccc(C(=C)C)c(-c3ccc(-c4cccc(C)c4/C=C\C)cc3)c2)c2ccccc12. The van der Waals surface area contributed by atoms with Crippen LogP contribution in [0.3, 0.4) is 0 Å². The number of aliphatic hydroxyl groups excluding tert-OH is 1. The minimum Gasteiger partial charge on any atom is -0.508 e. The average molecular weight is 637 g/mol. The maximum atomic E-state index is 11.1. The van der Waals surface area contributed by atoms with Crippen LogP contribution in [0.25, 0.3) is 72.1 Å². The van der Waals surface area contributed by atoms with Gasteiger partial charge in [-0.05, 0) is 125 Å². The van der Waals surface area contributed by atoms with Crippen LogP contribution >= 0.6 is 0 Å². The van der Waals surface area contributed by atoms with Crippen LogP contribution in [0.2, 0.25) is 0 Å². The molecule has 1 nitrogen and oxygen atoms in total. The molecule has 0 aromatic heterocycles. The molecule has 0 unspecified atom stereocenters. The Hall–Kier alpha value is -5.66. The van der Waals surface area contributed by atoms with Gasteiger partial charge in [0.25, 0.3) is 0 Å². The summed E-state index contributed by atoms with van der Waals surface area (Å²) in [7, 11) is 0. The molecular weight excluding hydrogens is 593 g/mol. The van der Waals surface area contributed by atoms with Gasteiger partial charge in [-0.15, -0.1) is 0 Å². The Morgan fingerprint density at radius 2 is 1.18 bits per heavy atom. The van der Waals surface area contributed by atoms with Crippen molar-refractivity contribution in [1.29, 1.82) is 0 Å². The number of aryl methyl sites for hydroxylation is 1. The summed E-state index contributed by atoms with van der Waals surface area (Å²) in [6.45, 7) is 20.9. The number of allylic oxidation sites excluding steroid dienone is 6. The molecule has 0 heterocycles. The van der Waals surface area contributed by atoms with E-state index in [1.807, 2.05) is 6.92 Å². The molecule has 0 aliphatic rings. The minimum absolute atomic E-state index is 0.0711. The van der Waals surface area contributed by atoms with E-state index in [4.69, 9.17) is 0 Å². The van der Waals surface area contributed by atoms with Crippen molar-refractivity contribution in [3.63, 3.8) is 0 Å². The molecule has 1 N–H and O–H groups in total. The van der Waals surface area contributed by atoms with E-state index in [1.165, 1.54) is 27.8 Å². The van der Waals surface area contributed by atoms with Gasteiger partial charge in [-0.1, -0.05) is 146 Å². The number of aliphatic hydroxyl groups is 1. The highest BCUT2D eigenvalue weighted by molar-refractivity contribution is 6.20. The van der Waals surface area contributed by atoms with Gasteiger partial charge in [-0.3, -0.25) is 0 Å². The normalized spacial score (nSPS) is 12.5. The third-order valence-electron chi connectivity index (χ3n) is 9.80. The standard InChI is InChI=1S/C48H44O/c1-9-16-39-32(6)17-15-22-40(39)35-23-25-36(26-24-35)45-29-37(27-28-38(45)30(3)4)47-41-18-11-13-20-43(41)48(44-21-14-12-19-42(44)47)46(34(8)49)33(7)31(5)10-2/h9-29,49H,3,8H2,1-2,4-7H3/b16-9-,31-10-,46-33+. The lowest BCUT2D eigenvalue weighted by atomic mass is 9.82. The molecule has 6 rings (SSSR count). The molecule has 0 saturated heterocycles. The van der Waals surface area contributed by atoms with E-state index in [9.17, 15) is 5.11 Å². The van der Waals surface area contributed by atoms with Crippen LogP contribution in [0, 0.1) is 6.92 Å². The largest absolute Gasteiger partial charge is 0.508 e. The summed E-state index contributed by atoms with van der Waals surface area (Å²) >= 11 is 0. The first kappa shape index (κ1) is 33.2. The van der Waals surface area contributed by atoms with E-state index >= 15 is 0 Å². The van der Waals surface area contributed by atoms with E-state index in [1.54, 1.807) is 0 Å². The summed E-state index contributed by atoms with van der Waals surface area (Å²) in [5.74, 6) is 0.0711. The fraction of sp³-hybridized carbons (Fsp3) is 0.125. The Bertz CT molecular complexity index is 2300. The lowest BCUT2D eigenvalue weighted by molar-refractivity contribution is 0.440. The van der Waals surface area contributed by atoms with Crippen molar-refractivity contribution in [3.05, 3.63) is 174 Å². The molecule has 0 radical (unpaired) electrons. The lowest BCUT2D eigenvalue weighted by Crippen LogP contribution is -1.99. The Labute approximate surface area is 291 Å². The van der Waals surface area contributed by atoms with E-state index < -0.39 is 0 Å². The molecular formula is C48H44O. The Kier molecular flexibility index (Phi) is 9.38. The maximum Gasteiger partial charge on any atom is 0.116 e. The summed E-state index contributed by atoms with van der Waals surface area (Å²) in [6.07, 6.45) is 6.38. The first-order valence-electron chi connectivity index (χ1n) is 17.0. The van der Waals surface area contributed by atoms with E-state index in [2.05, 4.69) is 175 Å². The average Bonchev–Trinajstić information content (AvgIpc) is 3.11. The summed E-state index contributed by atoms with van der Waals surface area (Å²) in [5.41, 5.74) is 15.6. The summed E-state index contributed by atoms with van der Waals surface area (Å²) in [4.78, 5) is 0. The molecule has 0 saturated carbocycles. The van der Waals surface area contributed by atoms with Crippen LogP contribution < -0.4 is 0 Å². The molecule has 6 aromatic rings. The molecule has 1 heteroatoms. The van der Waals surface area contributed by atoms with E-state index in [-0.39, 0.29) is 5.76 Å². The van der Waals surface area contributed by atoms with Gasteiger partial charge in [-0.2, -0.15) is 0 Å². The monoisotopic (exact) mass is 636 g/mol. The van der Waals surface area contributed by atoms with E-state index in [0.717, 1.165) is 71.7 Å². The lowest BCUT2D eigenvalue weighted by Gasteiger charge is -2.21. The zero-order chi connectivity index (χ0) is 34.8. The topological polar surface area (TPSA) is 20.2 Å². The fourth-order valence-corrected chi connectivity index (χ4v) is 7.13. The van der Waals surface area contributed by atoms with Crippen LogP contribution in [0.15, 0.2) is 151 Å². The van der Waals surface area contributed by atoms with Gasteiger partial charge < -0.3 is 5.11 Å². The predicted octanol–water partition coefficient (Wildman–Crippen LogP) is 14.2. The van der Waals surface area contributed by atoms with Crippen molar-refractivity contribution in [2.24, 2.45) is 0 Å². The predicted molar refractivity (Wildman–Crippen MR) is 216 cm³/mol. The number of fused-ring (bicyclic) bond motifs is 2. The smallest absolute Gasteiger partial charge is 0.116 e. The highest BCUT2D eigenvalue weighted by Gasteiger charge is 2.21. The van der Waals surface area contributed by atoms with E-state index in [0.29, 0.717) is 0 Å². The second-order valence-electron chi connectivity index (χ2n) is 12.9. The molecule has 0 amide bonds. The van der Waals surface area contributed by atoms with Crippen molar-refractivity contribution in [1.82, 2.24) is 0 Å². The number of benzene rings is 6. The fourth-order valence-electron chi connectivity index (χ4n) is 7.13. The molecule has 49 heavy (non-hydrogen) atoms. The van der Waals surface area contributed by atoms with Crippen molar-refractivity contribution in [2.45, 2.75) is 41.5 Å². The van der Waals surface area contributed by atoms with Gasteiger partial charge in [-0.25, -0.2) is 0 Å². The maximum absolute atomic E-state index is 11.1. The van der Waals surface area contributed by atoms with Crippen LogP contribution in [0.1, 0.15) is 56.9 Å². The number of rotatable bonds is 8. The van der Waals surface area contributed by atoms with Crippen LogP contribution in [0.5, 0.6) is 0 Å². The first-order chi connectivity index (χ1) is 23.7. The first-order valence-corrected chi connectivity index (χ1v) is 17.0. The van der Waals surface area contributed by atoms with Crippen molar-refractivity contribution < 1.29 is 5.11 Å². The zero-order valence-electron chi connectivity index (χ0n) is 29.5. The minimum atomic E-state index is 0.0711. The van der Waals surface area contributed by atoms with Crippen molar-refractivity contribution >= 4 is 38.8 Å². The molecule has 0 spiro atoms. The Morgan fingerprint density at radius 1 is 0.633 bits per heavy atom. The van der Waals surface area contributed by atoms with Crippen LogP contribution in [-0.4, -0.2) is 5.11 Å². The molecule has 6 aromatic carbocycles. The van der Waals surface area contributed by atoms with Crippen molar-refractivity contribution in [3.8, 4) is 33.4 Å². The van der Waals surface area contributed by atoms with Gasteiger partial charge in [0.05, 0.1) is 0 Å². The Morgan fingerprint density at radius 3 is 1.71 bits per heavy atom. The van der Waals surface area contributed by atoms with Gasteiger partial charge in [0, 0.05) is 11.1 Å². The van der Waals surface area contributed by atoms with Gasteiger partial charge >= 0.3 is 0 Å². The Balaban J connectivity index is 1.61. The summed E-state index contributed by atoms with van der Waals surface area (Å²) in [6, 6.07) is 39.3. The van der Waals surface area contributed by atoms with Crippen LogP contribution in [0.4, 0.5) is 0 Å². The molecule has 0 aliphatic carbocycles. The molecule has 0 bridgehead atoms. The summed E-state index contributed by atoms with van der Waals surface area (Å²) in [5, 5.41) is 15.5. The van der Waals surface area contributed by atoms with Gasteiger partial charge in [0.2, 0.25) is 0 Å². The van der Waals surface area contributed by atoms with Crippen molar-refractivity contribution in [2.75, 3.05) is 0 Å². The second-order valence-corrected chi connectivity index (χ2v) is 12.9. The third kappa shape index (κ3) is 6.09. The third-order valence-corrected chi connectivity index (χ3v) is 9.80. The molecule has 0 aliphatic heterocycles. The molecule has 242 valence electrons. The zero-order valence-corrected chi connectivity index (χ0v) is 29.5. The highest BCUT2D eigenvalue weighted by Crippen LogP contribution is 2.45. The van der Waals surface area contributed by atoms with Gasteiger partial charge in [0.1, 0.15) is 5.76 Å². The highest BCUT2D eigenvalue weighted by atomic mass is 16.3. The van der Waals surface area contributed by atoms with Crippen LogP contribution in [-0.2, 0) is 0 Å². The van der Waals surface area contributed by atoms with Gasteiger partial charge in [0.15, 0.2) is 0 Å². The quantitative estimate of drug-likeness (QED) is 0.100. The summed E-state index contributed by atoms with van der Waals surface area (Å²) < 4.78 is 0. The second kappa shape index (κ2) is 13.8. The number of hydrogen-bond acceptors (Lipinski definition) is 1. The molecule has 0 atom stereocenters. The number of hydrogen-bond donors (Lipinski definition) is 1. The molecule has 0 fully saturated rings.